The van der Waals surface area contributed by atoms with E-state index in [2.05, 4.69) is 23.1 Å². The van der Waals surface area contributed by atoms with Crippen LogP contribution in [0.1, 0.15) is 66.4 Å². The quantitative estimate of drug-likeness (QED) is 0.253. The van der Waals surface area contributed by atoms with Crippen LogP contribution >= 0.6 is 11.6 Å². The van der Waals surface area contributed by atoms with Gasteiger partial charge in [0.05, 0.1) is 36.8 Å². The average molecular weight is 644 g/mol. The Bertz CT molecular complexity index is 1540. The largest absolute Gasteiger partial charge is 0.490 e. The molecule has 0 amide bonds. The highest BCUT2D eigenvalue weighted by Gasteiger charge is 2.45. The van der Waals surface area contributed by atoms with Gasteiger partial charge in [-0.05, 0) is 116 Å². The number of allylic oxidation sites excluding steroid dienone is 1. The van der Waals surface area contributed by atoms with Crippen LogP contribution in [-0.2, 0) is 30.9 Å². The van der Waals surface area contributed by atoms with Gasteiger partial charge in [-0.3, -0.25) is 4.18 Å². The van der Waals surface area contributed by atoms with Crippen LogP contribution < -0.4 is 9.64 Å². The van der Waals surface area contributed by atoms with Gasteiger partial charge >= 0.3 is 5.97 Å². The van der Waals surface area contributed by atoms with Gasteiger partial charge in [-0.25, -0.2) is 4.79 Å². The fourth-order valence-electron chi connectivity index (χ4n) is 7.89. The fraction of sp³-hybridized carbons (Fsp3) is 0.559. The average Bonchev–Trinajstić information content (AvgIpc) is 3.13. The van der Waals surface area contributed by atoms with Gasteiger partial charge in [-0.2, -0.15) is 8.42 Å². The van der Waals surface area contributed by atoms with E-state index in [1.165, 1.54) is 16.7 Å². The zero-order valence-corrected chi connectivity index (χ0v) is 27.0. The number of benzene rings is 2. The van der Waals surface area contributed by atoms with Gasteiger partial charge in [0.15, 0.2) is 0 Å². The van der Waals surface area contributed by atoms with Crippen LogP contribution in [0.2, 0.25) is 5.02 Å². The summed E-state index contributed by atoms with van der Waals surface area (Å²) in [5.41, 5.74) is 4.72. The normalized spacial score (nSPS) is 27.3. The van der Waals surface area contributed by atoms with E-state index in [-0.39, 0.29) is 29.6 Å². The van der Waals surface area contributed by atoms with E-state index in [9.17, 15) is 18.3 Å². The summed E-state index contributed by atoms with van der Waals surface area (Å²) in [4.78, 5) is 14.4. The molecule has 5 atom stereocenters. The summed E-state index contributed by atoms with van der Waals surface area (Å²) in [6, 6.07) is 11.4. The van der Waals surface area contributed by atoms with Crippen molar-refractivity contribution in [1.29, 1.82) is 0 Å². The number of carbonyl (C=O) groups is 1. The van der Waals surface area contributed by atoms with Crippen LogP contribution in [0.3, 0.4) is 0 Å². The van der Waals surface area contributed by atoms with Gasteiger partial charge in [0.2, 0.25) is 0 Å². The summed E-state index contributed by atoms with van der Waals surface area (Å²) in [6.07, 6.45) is 11.0. The van der Waals surface area contributed by atoms with Gasteiger partial charge in [0.25, 0.3) is 10.1 Å². The molecule has 1 aliphatic heterocycles. The molecule has 10 heteroatoms. The molecule has 44 heavy (non-hydrogen) atoms. The molecule has 1 spiro atoms. The van der Waals surface area contributed by atoms with E-state index in [4.69, 9.17) is 25.3 Å². The second-order valence-corrected chi connectivity index (χ2v) is 15.2. The van der Waals surface area contributed by atoms with Crippen LogP contribution in [0.15, 0.2) is 48.0 Å². The van der Waals surface area contributed by atoms with Crippen LogP contribution in [0.25, 0.3) is 0 Å². The number of aryl methyl sites for hydroxylation is 1. The Hall–Kier alpha value is -2.59. The van der Waals surface area contributed by atoms with Crippen molar-refractivity contribution >= 4 is 33.4 Å². The lowest BCUT2D eigenvalue weighted by molar-refractivity contribution is 0.00284. The van der Waals surface area contributed by atoms with Gasteiger partial charge in [-0.1, -0.05) is 23.7 Å². The van der Waals surface area contributed by atoms with E-state index in [1.807, 2.05) is 12.1 Å². The standard InChI is InChI=1S/C34H42ClNO7S/c1-41-32(23-7-5-22(6-8-23)19-43-44(2,39)40)28-12-9-26(28)18-36-20-34(15-3-4-24-16-27(35)11-13-29(24)34)21-42-31-14-10-25(33(37)38)17-30(31)36/h7,10-11,13-14,16-17,22,26,28,32H,3-6,8-9,12,15,18-21H2,1-2H3,(H,37,38)/t22-,26-,28+,32+,34?/m0/s1. The first-order valence-corrected chi connectivity index (χ1v) is 17.8. The monoisotopic (exact) mass is 643 g/mol. The van der Waals surface area contributed by atoms with Crippen LogP contribution in [-0.4, -0.2) is 65.3 Å². The molecule has 1 heterocycles. The Morgan fingerprint density at radius 3 is 2.70 bits per heavy atom. The number of methoxy groups -OCH3 is 1. The van der Waals surface area contributed by atoms with E-state index in [0.29, 0.717) is 18.4 Å². The predicted octanol–water partition coefficient (Wildman–Crippen LogP) is 6.26. The van der Waals surface area contributed by atoms with Crippen LogP contribution in [0.4, 0.5) is 5.69 Å². The molecular weight excluding hydrogens is 602 g/mol. The number of fused-ring (bicyclic) bond motifs is 3. The van der Waals surface area contributed by atoms with Crippen molar-refractivity contribution in [2.75, 3.05) is 44.6 Å². The van der Waals surface area contributed by atoms with E-state index >= 15 is 0 Å². The molecule has 2 aromatic carbocycles. The number of aromatic carboxylic acids is 1. The smallest absolute Gasteiger partial charge is 0.335 e. The molecule has 1 fully saturated rings. The maximum atomic E-state index is 12.0. The topological polar surface area (TPSA) is 102 Å². The van der Waals surface area contributed by atoms with Crippen LogP contribution in [0.5, 0.6) is 5.75 Å². The molecule has 3 aliphatic carbocycles. The molecular formula is C34H42ClNO7S. The highest BCUT2D eigenvalue weighted by Crippen LogP contribution is 2.48. The molecule has 1 unspecified atom stereocenters. The summed E-state index contributed by atoms with van der Waals surface area (Å²) >= 11 is 6.40. The van der Waals surface area contributed by atoms with Crippen molar-refractivity contribution in [2.45, 2.75) is 62.9 Å². The molecule has 8 nitrogen and oxygen atoms in total. The van der Waals surface area contributed by atoms with Crippen molar-refractivity contribution in [3.8, 4) is 5.75 Å². The van der Waals surface area contributed by atoms with Gasteiger partial charge in [0.1, 0.15) is 5.75 Å². The number of rotatable bonds is 9. The minimum Gasteiger partial charge on any atom is -0.490 e. The SMILES string of the molecule is CO[C@H](C1=CC[C@H](COS(C)(=O)=O)CC1)[C@@H]1CC[C@H]1CN1CC2(CCCc3cc(Cl)ccc32)COc2ccc(C(=O)O)cc21. The molecule has 6 rings (SSSR count). The summed E-state index contributed by atoms with van der Waals surface area (Å²) in [7, 11) is -1.66. The summed E-state index contributed by atoms with van der Waals surface area (Å²) in [5, 5.41) is 10.6. The summed E-state index contributed by atoms with van der Waals surface area (Å²) in [6.45, 7) is 2.28. The van der Waals surface area contributed by atoms with Gasteiger partial charge in [0, 0.05) is 30.6 Å². The molecule has 1 saturated carbocycles. The van der Waals surface area contributed by atoms with Gasteiger partial charge < -0.3 is 19.5 Å². The first kappa shape index (κ1) is 31.4. The first-order chi connectivity index (χ1) is 21.0. The second kappa shape index (κ2) is 12.7. The first-order valence-electron chi connectivity index (χ1n) is 15.7. The molecule has 0 radical (unpaired) electrons. The van der Waals surface area contributed by atoms with Crippen molar-refractivity contribution in [3.05, 3.63) is 69.8 Å². The zero-order chi connectivity index (χ0) is 31.1. The Morgan fingerprint density at radius 1 is 1.18 bits per heavy atom. The van der Waals surface area contributed by atoms with Crippen molar-refractivity contribution in [2.24, 2.45) is 17.8 Å². The number of carboxylic acids is 1. The third-order valence-corrected chi connectivity index (χ3v) is 11.1. The third kappa shape index (κ3) is 6.52. The minimum absolute atomic E-state index is 0.00471. The number of carboxylic acid groups (broad SMARTS) is 1. The molecule has 0 aromatic heterocycles. The molecule has 238 valence electrons. The molecule has 2 aromatic rings. The minimum atomic E-state index is -3.45. The lowest BCUT2D eigenvalue weighted by Gasteiger charge is -2.47. The maximum Gasteiger partial charge on any atom is 0.335 e. The van der Waals surface area contributed by atoms with Crippen molar-refractivity contribution in [1.82, 2.24) is 0 Å². The van der Waals surface area contributed by atoms with Crippen molar-refractivity contribution in [3.63, 3.8) is 0 Å². The third-order valence-electron chi connectivity index (χ3n) is 10.3. The molecule has 0 bridgehead atoms. The highest BCUT2D eigenvalue weighted by molar-refractivity contribution is 7.85. The fourth-order valence-corrected chi connectivity index (χ4v) is 8.52. The van der Waals surface area contributed by atoms with Gasteiger partial charge in [-0.15, -0.1) is 0 Å². The summed E-state index contributed by atoms with van der Waals surface area (Å²) in [5.74, 6) is 0.680. The number of ether oxygens (including phenoxy) is 2. The lowest BCUT2D eigenvalue weighted by Crippen LogP contribution is -2.50. The number of anilines is 1. The number of halogens is 1. The Balaban J connectivity index is 1.25. The number of hydrogen-bond acceptors (Lipinski definition) is 7. The predicted molar refractivity (Wildman–Crippen MR) is 170 cm³/mol. The second-order valence-electron chi connectivity index (χ2n) is 13.2. The lowest BCUT2D eigenvalue weighted by atomic mass is 9.66. The van der Waals surface area contributed by atoms with E-state index < -0.39 is 16.1 Å². The van der Waals surface area contributed by atoms with Crippen LogP contribution in [0, 0.1) is 17.8 Å². The Kier molecular flexibility index (Phi) is 9.03. The number of nitrogens with zero attached hydrogens (tertiary/aromatic N) is 1. The highest BCUT2D eigenvalue weighted by atomic mass is 35.5. The number of hydrogen-bond donors (Lipinski definition) is 1. The van der Waals surface area contributed by atoms with Crippen molar-refractivity contribution < 1.29 is 32.0 Å². The summed E-state index contributed by atoms with van der Waals surface area (Å²) < 4.78 is 40.6. The van der Waals surface area contributed by atoms with E-state index in [1.54, 1.807) is 19.2 Å². The Labute approximate surface area is 265 Å². The Morgan fingerprint density at radius 2 is 2.02 bits per heavy atom. The molecule has 1 N–H and O–H groups in total. The van der Waals surface area contributed by atoms with E-state index in [0.717, 1.165) is 87.2 Å². The molecule has 4 aliphatic rings. The zero-order valence-electron chi connectivity index (χ0n) is 25.5. The molecule has 0 saturated heterocycles. The maximum absolute atomic E-state index is 12.0.